The van der Waals surface area contributed by atoms with E-state index in [1.54, 1.807) is 10.7 Å². The Balaban J connectivity index is 2.29. The first-order valence-electron chi connectivity index (χ1n) is 6.67. The summed E-state index contributed by atoms with van der Waals surface area (Å²) in [5.41, 5.74) is 2.69. The number of hydrogen-bond donors (Lipinski definition) is 1. The van der Waals surface area contributed by atoms with E-state index >= 15 is 0 Å². The number of rotatable bonds is 5. The van der Waals surface area contributed by atoms with Crippen molar-refractivity contribution in [1.29, 1.82) is 0 Å². The molecule has 2 aromatic rings. The van der Waals surface area contributed by atoms with Gasteiger partial charge in [0, 0.05) is 49.7 Å². The number of aryl methyl sites for hydroxylation is 1. The molecule has 1 atom stereocenters. The Labute approximate surface area is 119 Å². The molecule has 0 saturated heterocycles. The lowest BCUT2D eigenvalue weighted by atomic mass is 10.0. The number of nitrogens with one attached hydrogen (secondary N) is 1. The molecule has 0 radical (unpaired) electrons. The van der Waals surface area contributed by atoms with Crippen molar-refractivity contribution in [3.05, 3.63) is 47.5 Å². The van der Waals surface area contributed by atoms with Crippen LogP contribution >= 0.6 is 0 Å². The largest absolute Gasteiger partial charge is 0.370 e. The Morgan fingerprint density at radius 2 is 2.20 bits per heavy atom. The second kappa shape index (κ2) is 6.05. The van der Waals surface area contributed by atoms with Crippen LogP contribution in [0.1, 0.15) is 24.1 Å². The maximum atomic E-state index is 14.1. The van der Waals surface area contributed by atoms with Gasteiger partial charge in [0.1, 0.15) is 5.82 Å². The summed E-state index contributed by atoms with van der Waals surface area (Å²) < 4.78 is 15.9. The molecule has 0 spiro atoms. The van der Waals surface area contributed by atoms with Crippen LogP contribution in [0.25, 0.3) is 0 Å². The molecular weight excluding hydrogens is 255 g/mol. The van der Waals surface area contributed by atoms with Crippen molar-refractivity contribution >= 4 is 5.69 Å². The molecule has 4 nitrogen and oxygen atoms in total. The van der Waals surface area contributed by atoms with Gasteiger partial charge in [-0.25, -0.2) is 4.39 Å². The van der Waals surface area contributed by atoms with E-state index in [1.807, 2.05) is 51.4 Å². The predicted molar refractivity (Wildman–Crippen MR) is 79.2 cm³/mol. The van der Waals surface area contributed by atoms with Crippen LogP contribution in [0.4, 0.5) is 10.1 Å². The Kier molecular flexibility index (Phi) is 4.39. The molecule has 1 aromatic carbocycles. The van der Waals surface area contributed by atoms with Crippen LogP contribution in [0.3, 0.4) is 0 Å². The third-order valence-corrected chi connectivity index (χ3v) is 3.49. The van der Waals surface area contributed by atoms with Gasteiger partial charge in [-0.3, -0.25) is 4.68 Å². The molecular formula is C15H21FN4. The molecule has 0 saturated carbocycles. The van der Waals surface area contributed by atoms with Crippen LogP contribution in [0.5, 0.6) is 0 Å². The molecule has 0 aliphatic heterocycles. The van der Waals surface area contributed by atoms with E-state index in [0.29, 0.717) is 12.1 Å². The second-order valence-electron chi connectivity index (χ2n) is 5.06. The van der Waals surface area contributed by atoms with Gasteiger partial charge in [0.15, 0.2) is 0 Å². The summed E-state index contributed by atoms with van der Waals surface area (Å²) in [5, 5.41) is 7.26. The van der Waals surface area contributed by atoms with Gasteiger partial charge in [-0.2, -0.15) is 5.10 Å². The van der Waals surface area contributed by atoms with Crippen LogP contribution in [-0.4, -0.2) is 23.9 Å². The van der Waals surface area contributed by atoms with E-state index in [2.05, 4.69) is 10.4 Å². The van der Waals surface area contributed by atoms with Crippen LogP contribution in [-0.2, 0) is 13.6 Å². The van der Waals surface area contributed by atoms with Gasteiger partial charge in [0.05, 0.1) is 6.20 Å². The zero-order valence-corrected chi connectivity index (χ0v) is 12.4. The van der Waals surface area contributed by atoms with E-state index in [0.717, 1.165) is 11.3 Å². The summed E-state index contributed by atoms with van der Waals surface area (Å²) in [6.45, 7) is 2.65. The number of hydrogen-bond acceptors (Lipinski definition) is 3. The summed E-state index contributed by atoms with van der Waals surface area (Å²) >= 11 is 0. The van der Waals surface area contributed by atoms with E-state index in [1.165, 1.54) is 6.07 Å². The minimum absolute atomic E-state index is 0.0393. The van der Waals surface area contributed by atoms with Gasteiger partial charge in [-0.1, -0.05) is 6.07 Å². The summed E-state index contributed by atoms with van der Waals surface area (Å²) in [6.07, 6.45) is 3.80. The Bertz CT molecular complexity index is 579. The van der Waals surface area contributed by atoms with E-state index in [9.17, 15) is 4.39 Å². The second-order valence-corrected chi connectivity index (χ2v) is 5.06. The van der Waals surface area contributed by atoms with E-state index < -0.39 is 0 Å². The first kappa shape index (κ1) is 14.5. The van der Waals surface area contributed by atoms with Crippen molar-refractivity contribution < 1.29 is 4.39 Å². The van der Waals surface area contributed by atoms with Crippen molar-refractivity contribution in [3.8, 4) is 0 Å². The molecule has 1 aromatic heterocycles. The number of halogens is 1. The maximum Gasteiger partial charge on any atom is 0.130 e. The lowest BCUT2D eigenvalue weighted by Crippen LogP contribution is -2.22. The SMILES string of the molecule is CNC(C)c1c(F)cccc1N(C)Cc1cnn(C)c1. The van der Waals surface area contributed by atoms with Gasteiger partial charge >= 0.3 is 0 Å². The van der Waals surface area contributed by atoms with Crippen molar-refractivity contribution in [2.24, 2.45) is 7.05 Å². The predicted octanol–water partition coefficient (Wildman–Crippen LogP) is 2.48. The molecule has 108 valence electrons. The summed E-state index contributed by atoms with van der Waals surface area (Å²) in [7, 11) is 5.69. The topological polar surface area (TPSA) is 33.1 Å². The minimum atomic E-state index is -0.178. The number of aromatic nitrogens is 2. The lowest BCUT2D eigenvalue weighted by Gasteiger charge is -2.25. The fraction of sp³-hybridized carbons (Fsp3) is 0.400. The molecule has 2 rings (SSSR count). The molecule has 0 amide bonds. The van der Waals surface area contributed by atoms with Crippen LogP contribution in [0, 0.1) is 5.82 Å². The zero-order chi connectivity index (χ0) is 14.7. The number of nitrogens with zero attached hydrogens (tertiary/aromatic N) is 3. The summed E-state index contributed by atoms with van der Waals surface area (Å²) in [4.78, 5) is 2.04. The average Bonchev–Trinajstić information content (AvgIpc) is 2.83. The molecule has 5 heteroatoms. The van der Waals surface area contributed by atoms with E-state index in [-0.39, 0.29) is 11.9 Å². The Morgan fingerprint density at radius 3 is 2.80 bits per heavy atom. The molecule has 0 aliphatic rings. The Hall–Kier alpha value is -1.88. The smallest absolute Gasteiger partial charge is 0.130 e. The standard InChI is InChI=1S/C15H21FN4/c1-11(17-2)15-13(16)6-5-7-14(15)19(3)9-12-8-18-20(4)10-12/h5-8,10-11,17H,9H2,1-4H3. The van der Waals surface area contributed by atoms with Gasteiger partial charge in [-0.15, -0.1) is 0 Å². The highest BCUT2D eigenvalue weighted by Crippen LogP contribution is 2.29. The summed E-state index contributed by atoms with van der Waals surface area (Å²) in [6, 6.07) is 5.16. The third kappa shape index (κ3) is 2.99. The van der Waals surface area contributed by atoms with Gasteiger partial charge < -0.3 is 10.2 Å². The molecule has 0 bridgehead atoms. The van der Waals surface area contributed by atoms with Gasteiger partial charge in [-0.05, 0) is 26.1 Å². The zero-order valence-electron chi connectivity index (χ0n) is 12.4. The van der Waals surface area contributed by atoms with Crippen molar-refractivity contribution in [2.75, 3.05) is 19.0 Å². The van der Waals surface area contributed by atoms with Crippen LogP contribution in [0.15, 0.2) is 30.6 Å². The quantitative estimate of drug-likeness (QED) is 0.910. The van der Waals surface area contributed by atoms with Crippen LogP contribution < -0.4 is 10.2 Å². The number of benzene rings is 1. The highest BCUT2D eigenvalue weighted by molar-refractivity contribution is 5.55. The molecule has 20 heavy (non-hydrogen) atoms. The maximum absolute atomic E-state index is 14.1. The van der Waals surface area contributed by atoms with Gasteiger partial charge in [0.2, 0.25) is 0 Å². The normalized spacial score (nSPS) is 12.4. The minimum Gasteiger partial charge on any atom is -0.370 e. The van der Waals surface area contributed by atoms with Crippen LogP contribution in [0.2, 0.25) is 0 Å². The van der Waals surface area contributed by atoms with Crippen molar-refractivity contribution in [1.82, 2.24) is 15.1 Å². The van der Waals surface area contributed by atoms with Gasteiger partial charge in [0.25, 0.3) is 0 Å². The fourth-order valence-corrected chi connectivity index (χ4v) is 2.34. The highest BCUT2D eigenvalue weighted by atomic mass is 19.1. The molecule has 1 unspecified atom stereocenters. The first-order valence-corrected chi connectivity index (χ1v) is 6.67. The summed E-state index contributed by atoms with van der Waals surface area (Å²) in [5.74, 6) is -0.178. The number of anilines is 1. The highest BCUT2D eigenvalue weighted by Gasteiger charge is 2.17. The van der Waals surface area contributed by atoms with Crippen molar-refractivity contribution in [3.63, 3.8) is 0 Å². The Morgan fingerprint density at radius 1 is 1.45 bits per heavy atom. The average molecular weight is 276 g/mol. The third-order valence-electron chi connectivity index (χ3n) is 3.49. The first-order chi connectivity index (χ1) is 9.52. The van der Waals surface area contributed by atoms with Crippen molar-refractivity contribution in [2.45, 2.75) is 19.5 Å². The monoisotopic (exact) mass is 276 g/mol. The molecule has 1 N–H and O–H groups in total. The molecule has 0 aliphatic carbocycles. The molecule has 1 heterocycles. The lowest BCUT2D eigenvalue weighted by molar-refractivity contribution is 0.560. The fourth-order valence-electron chi connectivity index (χ4n) is 2.34. The van der Waals surface area contributed by atoms with E-state index in [4.69, 9.17) is 0 Å². The molecule has 0 fully saturated rings.